The zero-order valence-corrected chi connectivity index (χ0v) is 9.04. The highest BCUT2D eigenvalue weighted by atomic mass is 19.1. The van der Waals surface area contributed by atoms with E-state index in [2.05, 4.69) is 10.6 Å². The maximum Gasteiger partial charge on any atom is 0.319 e. The minimum Gasteiger partial charge on any atom is -0.334 e. The molecule has 0 radical (unpaired) electrons. The number of nitrogens with one attached hydrogen (secondary N) is 2. The van der Waals surface area contributed by atoms with Gasteiger partial charge in [0.25, 0.3) is 0 Å². The molecule has 0 atom stereocenters. The average molecular weight is 241 g/mol. The van der Waals surface area contributed by atoms with Crippen LogP contribution < -0.4 is 16.4 Å². The number of amides is 2. The molecule has 0 fully saturated rings. The highest BCUT2D eigenvalue weighted by molar-refractivity contribution is 5.89. The SMILES string of the molecule is NC/C=C/CNC(=O)Nc1ccc(F)cc1F. The van der Waals surface area contributed by atoms with E-state index in [9.17, 15) is 13.6 Å². The first-order chi connectivity index (χ1) is 8.13. The van der Waals surface area contributed by atoms with Crippen molar-refractivity contribution >= 4 is 11.7 Å². The molecule has 4 N–H and O–H groups in total. The molecule has 0 saturated heterocycles. The number of rotatable bonds is 4. The van der Waals surface area contributed by atoms with Crippen LogP contribution in [0, 0.1) is 11.6 Å². The Balaban J connectivity index is 2.48. The number of carbonyl (C=O) groups excluding carboxylic acids is 1. The van der Waals surface area contributed by atoms with E-state index in [0.29, 0.717) is 12.6 Å². The fourth-order valence-corrected chi connectivity index (χ4v) is 1.09. The second-order valence-corrected chi connectivity index (χ2v) is 3.17. The number of nitrogens with two attached hydrogens (primary N) is 1. The normalized spacial score (nSPS) is 10.5. The van der Waals surface area contributed by atoms with Gasteiger partial charge in [0.15, 0.2) is 0 Å². The molecule has 0 aromatic heterocycles. The number of hydrogen-bond donors (Lipinski definition) is 3. The summed E-state index contributed by atoms with van der Waals surface area (Å²) in [6.45, 7) is 0.668. The van der Waals surface area contributed by atoms with E-state index in [1.54, 1.807) is 12.2 Å². The Hall–Kier alpha value is -1.95. The molecule has 1 aromatic rings. The lowest BCUT2D eigenvalue weighted by Gasteiger charge is -2.06. The Morgan fingerprint density at radius 2 is 2.12 bits per heavy atom. The van der Waals surface area contributed by atoms with Gasteiger partial charge in [-0.2, -0.15) is 0 Å². The van der Waals surface area contributed by atoms with Crippen LogP contribution in [-0.2, 0) is 0 Å². The van der Waals surface area contributed by atoms with E-state index in [4.69, 9.17) is 5.73 Å². The monoisotopic (exact) mass is 241 g/mol. The summed E-state index contributed by atoms with van der Waals surface area (Å²) in [7, 11) is 0. The van der Waals surface area contributed by atoms with Crippen molar-refractivity contribution in [3.63, 3.8) is 0 Å². The molecule has 2 amide bonds. The fraction of sp³-hybridized carbons (Fsp3) is 0.182. The summed E-state index contributed by atoms with van der Waals surface area (Å²) in [5.74, 6) is -1.52. The van der Waals surface area contributed by atoms with Crippen LogP contribution in [0.2, 0.25) is 0 Å². The molecule has 1 rings (SSSR count). The minimum atomic E-state index is -0.822. The highest BCUT2D eigenvalue weighted by Crippen LogP contribution is 2.14. The van der Waals surface area contributed by atoms with Gasteiger partial charge in [0.05, 0.1) is 5.69 Å². The Bertz CT molecular complexity index is 421. The summed E-state index contributed by atoms with van der Waals surface area (Å²) in [5, 5.41) is 4.71. The Morgan fingerprint density at radius 1 is 1.35 bits per heavy atom. The number of hydrogen-bond acceptors (Lipinski definition) is 2. The molecular weight excluding hydrogens is 228 g/mol. The van der Waals surface area contributed by atoms with E-state index in [0.717, 1.165) is 12.1 Å². The third-order valence-electron chi connectivity index (χ3n) is 1.86. The zero-order chi connectivity index (χ0) is 12.7. The summed E-state index contributed by atoms with van der Waals surface area (Å²) in [6.07, 6.45) is 3.35. The molecule has 0 aliphatic carbocycles. The quantitative estimate of drug-likeness (QED) is 0.701. The predicted octanol–water partition coefficient (Wildman–Crippen LogP) is 1.60. The number of urea groups is 1. The van der Waals surface area contributed by atoms with Gasteiger partial charge in [0, 0.05) is 19.2 Å². The van der Waals surface area contributed by atoms with E-state index in [-0.39, 0.29) is 12.2 Å². The summed E-state index contributed by atoms with van der Waals surface area (Å²) in [4.78, 5) is 11.3. The third-order valence-corrected chi connectivity index (χ3v) is 1.86. The van der Waals surface area contributed by atoms with Crippen molar-refractivity contribution in [2.75, 3.05) is 18.4 Å². The molecular formula is C11H13F2N3O. The highest BCUT2D eigenvalue weighted by Gasteiger charge is 2.06. The molecule has 1 aromatic carbocycles. The second-order valence-electron chi connectivity index (χ2n) is 3.17. The lowest BCUT2D eigenvalue weighted by molar-refractivity contribution is 0.253. The Kier molecular flexibility index (Phi) is 5.09. The molecule has 17 heavy (non-hydrogen) atoms. The van der Waals surface area contributed by atoms with E-state index in [1.807, 2.05) is 0 Å². The first kappa shape index (κ1) is 13.1. The molecule has 0 aliphatic heterocycles. The van der Waals surface area contributed by atoms with Crippen molar-refractivity contribution in [2.45, 2.75) is 0 Å². The van der Waals surface area contributed by atoms with Crippen molar-refractivity contribution in [3.05, 3.63) is 42.0 Å². The van der Waals surface area contributed by atoms with Gasteiger partial charge in [-0.1, -0.05) is 12.2 Å². The Labute approximate surface area is 97.5 Å². The topological polar surface area (TPSA) is 67.1 Å². The van der Waals surface area contributed by atoms with Gasteiger partial charge in [-0.25, -0.2) is 13.6 Å². The zero-order valence-electron chi connectivity index (χ0n) is 9.04. The lowest BCUT2D eigenvalue weighted by atomic mass is 10.3. The minimum absolute atomic E-state index is 0.0771. The van der Waals surface area contributed by atoms with Crippen molar-refractivity contribution in [2.24, 2.45) is 5.73 Å². The van der Waals surface area contributed by atoms with Crippen LogP contribution in [-0.4, -0.2) is 19.1 Å². The molecule has 92 valence electrons. The van der Waals surface area contributed by atoms with Crippen LogP contribution in [0.5, 0.6) is 0 Å². The van der Waals surface area contributed by atoms with E-state index in [1.165, 1.54) is 0 Å². The summed E-state index contributed by atoms with van der Waals surface area (Å²) in [5.41, 5.74) is 5.13. The first-order valence-corrected chi connectivity index (χ1v) is 4.98. The van der Waals surface area contributed by atoms with E-state index < -0.39 is 17.7 Å². The van der Waals surface area contributed by atoms with Crippen molar-refractivity contribution in [1.82, 2.24) is 5.32 Å². The number of anilines is 1. The molecule has 0 unspecified atom stereocenters. The fourth-order valence-electron chi connectivity index (χ4n) is 1.09. The first-order valence-electron chi connectivity index (χ1n) is 4.98. The van der Waals surface area contributed by atoms with Gasteiger partial charge in [-0.05, 0) is 12.1 Å². The van der Waals surface area contributed by atoms with Crippen molar-refractivity contribution in [1.29, 1.82) is 0 Å². The molecule has 0 spiro atoms. The largest absolute Gasteiger partial charge is 0.334 e. The van der Waals surface area contributed by atoms with Crippen LogP contribution in [0.15, 0.2) is 30.4 Å². The molecule has 0 aliphatic rings. The standard InChI is InChI=1S/C11H13F2N3O/c12-8-3-4-10(9(13)7-8)16-11(17)15-6-2-1-5-14/h1-4,7H,5-6,14H2,(H2,15,16,17)/b2-1+. The van der Waals surface area contributed by atoms with Crippen LogP contribution >= 0.6 is 0 Å². The van der Waals surface area contributed by atoms with Crippen LogP contribution in [0.1, 0.15) is 0 Å². The maximum absolute atomic E-state index is 13.1. The van der Waals surface area contributed by atoms with Crippen molar-refractivity contribution in [3.8, 4) is 0 Å². The molecule has 4 nitrogen and oxygen atoms in total. The lowest BCUT2D eigenvalue weighted by Crippen LogP contribution is -2.29. The van der Waals surface area contributed by atoms with Gasteiger partial charge in [0.1, 0.15) is 11.6 Å². The molecule has 0 saturated carbocycles. The van der Waals surface area contributed by atoms with Gasteiger partial charge in [0.2, 0.25) is 0 Å². The van der Waals surface area contributed by atoms with Crippen LogP contribution in [0.3, 0.4) is 0 Å². The predicted molar refractivity (Wildman–Crippen MR) is 61.6 cm³/mol. The summed E-state index contributed by atoms with van der Waals surface area (Å²) < 4.78 is 25.7. The summed E-state index contributed by atoms with van der Waals surface area (Å²) >= 11 is 0. The van der Waals surface area contributed by atoms with Crippen LogP contribution in [0.4, 0.5) is 19.3 Å². The van der Waals surface area contributed by atoms with Gasteiger partial charge >= 0.3 is 6.03 Å². The van der Waals surface area contributed by atoms with Gasteiger partial charge in [-0.15, -0.1) is 0 Å². The number of benzene rings is 1. The average Bonchev–Trinajstić information content (AvgIpc) is 2.28. The van der Waals surface area contributed by atoms with Gasteiger partial charge < -0.3 is 16.4 Å². The van der Waals surface area contributed by atoms with Crippen LogP contribution in [0.25, 0.3) is 0 Å². The van der Waals surface area contributed by atoms with E-state index >= 15 is 0 Å². The smallest absolute Gasteiger partial charge is 0.319 e. The third kappa shape index (κ3) is 4.60. The van der Waals surface area contributed by atoms with Gasteiger partial charge in [-0.3, -0.25) is 0 Å². The number of carbonyl (C=O) groups is 1. The molecule has 0 bridgehead atoms. The number of halogens is 2. The maximum atomic E-state index is 13.1. The molecule has 6 heteroatoms. The molecule has 0 heterocycles. The summed E-state index contributed by atoms with van der Waals surface area (Å²) in [6, 6.07) is 2.34. The van der Waals surface area contributed by atoms with Crippen molar-refractivity contribution < 1.29 is 13.6 Å². The Morgan fingerprint density at radius 3 is 2.76 bits per heavy atom. The second kappa shape index (κ2) is 6.59.